The Morgan fingerprint density at radius 1 is 1.18 bits per heavy atom. The van der Waals surface area contributed by atoms with Gasteiger partial charge in [0.15, 0.2) is 0 Å². The molecule has 1 atom stereocenters. The van der Waals surface area contributed by atoms with Gasteiger partial charge in [-0.15, -0.1) is 0 Å². The van der Waals surface area contributed by atoms with Crippen LogP contribution in [0.1, 0.15) is 29.5 Å². The van der Waals surface area contributed by atoms with Gasteiger partial charge in [0, 0.05) is 24.7 Å². The van der Waals surface area contributed by atoms with Crippen LogP contribution >= 0.6 is 11.6 Å². The van der Waals surface area contributed by atoms with Gasteiger partial charge in [-0.05, 0) is 43.0 Å². The molecule has 0 spiro atoms. The normalized spacial score (nSPS) is 18.0. The molecule has 0 aliphatic carbocycles. The van der Waals surface area contributed by atoms with Crippen molar-refractivity contribution in [2.75, 3.05) is 13.1 Å². The predicted octanol–water partition coefficient (Wildman–Crippen LogP) is 3.51. The van der Waals surface area contributed by atoms with Crippen molar-refractivity contribution in [2.45, 2.75) is 32.1 Å². The van der Waals surface area contributed by atoms with E-state index in [1.807, 2.05) is 31.2 Å². The minimum Gasteiger partial charge on any atom is -0.352 e. The average molecular weight is 421 g/mol. The van der Waals surface area contributed by atoms with E-state index in [4.69, 9.17) is 11.6 Å². The Kier molecular flexibility index (Phi) is 6.75. The lowest BCUT2D eigenvalue weighted by atomic mass is 9.98. The van der Waals surface area contributed by atoms with E-state index < -0.39 is 10.0 Å². The number of halogens is 1. The summed E-state index contributed by atoms with van der Waals surface area (Å²) >= 11 is 5.96. The van der Waals surface area contributed by atoms with Gasteiger partial charge in [0.1, 0.15) is 0 Å². The molecule has 1 N–H and O–H groups in total. The Hall–Kier alpha value is -1.89. The van der Waals surface area contributed by atoms with Gasteiger partial charge in [-0.1, -0.05) is 53.6 Å². The summed E-state index contributed by atoms with van der Waals surface area (Å²) in [5, 5.41) is 3.46. The zero-order chi connectivity index (χ0) is 20.1. The Morgan fingerprint density at radius 2 is 1.93 bits per heavy atom. The molecular formula is C21H25ClN2O3S. The van der Waals surface area contributed by atoms with E-state index in [9.17, 15) is 13.2 Å². The molecule has 2 aromatic carbocycles. The van der Waals surface area contributed by atoms with Gasteiger partial charge in [0.25, 0.3) is 0 Å². The molecule has 150 valence electrons. The first-order valence-electron chi connectivity index (χ1n) is 9.39. The maximum Gasteiger partial charge on any atom is 0.224 e. The molecule has 3 rings (SSSR count). The van der Waals surface area contributed by atoms with Gasteiger partial charge in [0.2, 0.25) is 15.9 Å². The van der Waals surface area contributed by atoms with Crippen LogP contribution in [0.3, 0.4) is 0 Å². The van der Waals surface area contributed by atoms with E-state index in [2.05, 4.69) is 5.32 Å². The molecule has 0 aromatic heterocycles. The van der Waals surface area contributed by atoms with Gasteiger partial charge in [-0.25, -0.2) is 12.7 Å². The molecule has 1 aliphatic rings. The molecule has 0 unspecified atom stereocenters. The van der Waals surface area contributed by atoms with Crippen LogP contribution in [0.15, 0.2) is 48.5 Å². The Balaban J connectivity index is 1.60. The van der Waals surface area contributed by atoms with Crippen LogP contribution in [-0.4, -0.2) is 31.7 Å². The Bertz CT molecular complexity index is 946. The molecule has 1 aliphatic heterocycles. The van der Waals surface area contributed by atoms with Crippen molar-refractivity contribution >= 4 is 27.5 Å². The molecule has 1 fully saturated rings. The molecular weight excluding hydrogens is 396 g/mol. The van der Waals surface area contributed by atoms with Crippen molar-refractivity contribution in [1.82, 2.24) is 9.62 Å². The van der Waals surface area contributed by atoms with E-state index in [1.165, 1.54) is 4.31 Å². The highest BCUT2D eigenvalue weighted by Gasteiger charge is 2.32. The molecule has 0 radical (unpaired) electrons. The third-order valence-electron chi connectivity index (χ3n) is 4.94. The van der Waals surface area contributed by atoms with Crippen molar-refractivity contribution in [3.05, 3.63) is 70.2 Å². The van der Waals surface area contributed by atoms with Gasteiger partial charge in [0.05, 0.1) is 11.7 Å². The summed E-state index contributed by atoms with van der Waals surface area (Å²) in [6, 6.07) is 14.8. The second kappa shape index (κ2) is 9.07. The van der Waals surface area contributed by atoms with Crippen molar-refractivity contribution < 1.29 is 13.2 Å². The standard InChI is InChI=1S/C21H25ClN2O3S/c1-16-5-2-6-17(11-16)13-23-21(25)19-8-4-10-24(14-19)28(26,27)15-18-7-3-9-20(22)12-18/h2-3,5-7,9,11-12,19H,4,8,10,13-15H2,1H3,(H,23,25)/t19-/m0/s1. The molecule has 28 heavy (non-hydrogen) atoms. The zero-order valence-electron chi connectivity index (χ0n) is 15.9. The van der Waals surface area contributed by atoms with E-state index in [1.54, 1.807) is 24.3 Å². The van der Waals surface area contributed by atoms with Crippen LogP contribution in [0, 0.1) is 12.8 Å². The Morgan fingerprint density at radius 3 is 2.68 bits per heavy atom. The van der Waals surface area contributed by atoms with E-state index in [0.717, 1.165) is 11.1 Å². The number of carbonyl (C=O) groups excluding carboxylic acids is 1. The van der Waals surface area contributed by atoms with E-state index in [-0.39, 0.29) is 24.1 Å². The van der Waals surface area contributed by atoms with Crippen LogP contribution in [-0.2, 0) is 27.1 Å². The number of piperidine rings is 1. The SMILES string of the molecule is Cc1cccc(CNC(=O)[C@H]2CCCN(S(=O)(=O)Cc3cccc(Cl)c3)C2)c1. The highest BCUT2D eigenvalue weighted by Crippen LogP contribution is 2.22. The lowest BCUT2D eigenvalue weighted by Crippen LogP contribution is -2.45. The van der Waals surface area contributed by atoms with Crippen LogP contribution in [0.4, 0.5) is 0 Å². The highest BCUT2D eigenvalue weighted by atomic mass is 35.5. The maximum absolute atomic E-state index is 12.8. The Labute approximate surface area is 171 Å². The third kappa shape index (κ3) is 5.56. The van der Waals surface area contributed by atoms with Crippen molar-refractivity contribution in [2.24, 2.45) is 5.92 Å². The van der Waals surface area contributed by atoms with Crippen molar-refractivity contribution in [1.29, 1.82) is 0 Å². The summed E-state index contributed by atoms with van der Waals surface area (Å²) in [6.45, 7) is 3.13. The van der Waals surface area contributed by atoms with Crippen LogP contribution in [0.5, 0.6) is 0 Å². The van der Waals surface area contributed by atoms with Gasteiger partial charge >= 0.3 is 0 Å². The topological polar surface area (TPSA) is 66.5 Å². The van der Waals surface area contributed by atoms with Crippen LogP contribution < -0.4 is 5.32 Å². The van der Waals surface area contributed by atoms with Crippen molar-refractivity contribution in [3.8, 4) is 0 Å². The summed E-state index contributed by atoms with van der Waals surface area (Å²) in [6.07, 6.45) is 1.38. The van der Waals surface area contributed by atoms with Crippen molar-refractivity contribution in [3.63, 3.8) is 0 Å². The van der Waals surface area contributed by atoms with Crippen LogP contribution in [0.2, 0.25) is 5.02 Å². The number of amides is 1. The number of rotatable bonds is 6. The van der Waals surface area contributed by atoms with Gasteiger partial charge in [-0.2, -0.15) is 0 Å². The molecule has 1 heterocycles. The number of carbonyl (C=O) groups is 1. The summed E-state index contributed by atoms with van der Waals surface area (Å²) in [5.74, 6) is -0.526. The first-order valence-corrected chi connectivity index (χ1v) is 11.4. The summed E-state index contributed by atoms with van der Waals surface area (Å²) in [7, 11) is -3.50. The van der Waals surface area contributed by atoms with Crippen LogP contribution in [0.25, 0.3) is 0 Å². The molecule has 5 nitrogen and oxygen atoms in total. The zero-order valence-corrected chi connectivity index (χ0v) is 17.5. The molecule has 0 bridgehead atoms. The smallest absolute Gasteiger partial charge is 0.224 e. The second-order valence-corrected chi connectivity index (χ2v) is 9.70. The van der Waals surface area contributed by atoms with Gasteiger partial charge < -0.3 is 5.32 Å². The number of hydrogen-bond donors (Lipinski definition) is 1. The number of nitrogens with one attached hydrogen (secondary N) is 1. The lowest BCUT2D eigenvalue weighted by molar-refractivity contribution is -0.126. The molecule has 2 aromatic rings. The number of hydrogen-bond acceptors (Lipinski definition) is 3. The van der Waals surface area contributed by atoms with E-state index in [0.29, 0.717) is 36.5 Å². The molecule has 1 saturated heterocycles. The summed E-state index contributed by atoms with van der Waals surface area (Å²) < 4.78 is 27.0. The number of benzene rings is 2. The average Bonchev–Trinajstić information content (AvgIpc) is 2.66. The third-order valence-corrected chi connectivity index (χ3v) is 6.99. The number of aryl methyl sites for hydroxylation is 1. The second-order valence-electron chi connectivity index (χ2n) is 7.29. The fourth-order valence-corrected chi connectivity index (χ4v) is 5.30. The fraction of sp³-hybridized carbons (Fsp3) is 0.381. The largest absolute Gasteiger partial charge is 0.352 e. The quantitative estimate of drug-likeness (QED) is 0.777. The minimum atomic E-state index is -3.50. The monoisotopic (exact) mass is 420 g/mol. The lowest BCUT2D eigenvalue weighted by Gasteiger charge is -2.31. The summed E-state index contributed by atoms with van der Waals surface area (Å²) in [5.41, 5.74) is 2.83. The number of sulfonamides is 1. The number of nitrogens with zero attached hydrogens (tertiary/aromatic N) is 1. The maximum atomic E-state index is 12.8. The first kappa shape index (κ1) is 20.8. The first-order chi connectivity index (χ1) is 13.3. The predicted molar refractivity (Wildman–Crippen MR) is 111 cm³/mol. The highest BCUT2D eigenvalue weighted by molar-refractivity contribution is 7.88. The molecule has 1 amide bonds. The summed E-state index contributed by atoms with van der Waals surface area (Å²) in [4.78, 5) is 12.6. The minimum absolute atomic E-state index is 0.0934. The van der Waals surface area contributed by atoms with Gasteiger partial charge in [-0.3, -0.25) is 4.79 Å². The van der Waals surface area contributed by atoms with E-state index >= 15 is 0 Å². The fourth-order valence-electron chi connectivity index (χ4n) is 3.49. The molecule has 0 saturated carbocycles. The molecule has 7 heteroatoms.